The zero-order chi connectivity index (χ0) is 4.12. The molecule has 2 heteroatoms. The molecule has 40 valence electrons. The van der Waals surface area contributed by atoms with Gasteiger partial charge in [0, 0.05) is 13.2 Å². The second-order valence-corrected chi connectivity index (χ2v) is 0.781. The van der Waals surface area contributed by atoms with Crippen LogP contribution < -0.4 is 0 Å². The van der Waals surface area contributed by atoms with Gasteiger partial charge in [-0.15, -0.1) is 0 Å². The van der Waals surface area contributed by atoms with E-state index in [4.69, 9.17) is 4.74 Å². The van der Waals surface area contributed by atoms with Crippen LogP contribution in [0.3, 0.4) is 0 Å². The van der Waals surface area contributed by atoms with Crippen LogP contribution in [0.1, 0.15) is 13.8 Å². The second-order valence-electron chi connectivity index (χ2n) is 0.781. The normalized spacial score (nSPS) is 7.00. The Morgan fingerprint density at radius 3 is 1.50 bits per heavy atom. The Bertz CT molecular complexity index is 15.0. The molecular formula is C4H10OPd+2. The van der Waals surface area contributed by atoms with E-state index < -0.39 is 0 Å². The van der Waals surface area contributed by atoms with E-state index >= 15 is 0 Å². The van der Waals surface area contributed by atoms with Gasteiger partial charge in [-0.3, -0.25) is 0 Å². The van der Waals surface area contributed by atoms with Gasteiger partial charge >= 0.3 is 20.4 Å². The minimum Gasteiger partial charge on any atom is -0.382 e. The molecule has 0 saturated carbocycles. The molecule has 0 aliphatic carbocycles. The fourth-order valence-electron chi connectivity index (χ4n) is 0.204. The van der Waals surface area contributed by atoms with Gasteiger partial charge in [0.05, 0.1) is 0 Å². The monoisotopic (exact) mass is 180 g/mol. The van der Waals surface area contributed by atoms with Crippen molar-refractivity contribution in [2.24, 2.45) is 0 Å². The summed E-state index contributed by atoms with van der Waals surface area (Å²) in [6.07, 6.45) is 0. The van der Waals surface area contributed by atoms with Crippen LogP contribution in [0.25, 0.3) is 0 Å². The second kappa shape index (κ2) is 9.16. The number of ether oxygens (including phenoxy) is 1. The van der Waals surface area contributed by atoms with Crippen LogP contribution in [0, 0.1) is 0 Å². The van der Waals surface area contributed by atoms with Gasteiger partial charge in [0.1, 0.15) is 0 Å². The Labute approximate surface area is 52.7 Å². The van der Waals surface area contributed by atoms with Crippen molar-refractivity contribution >= 4 is 0 Å². The van der Waals surface area contributed by atoms with Gasteiger partial charge < -0.3 is 4.74 Å². The van der Waals surface area contributed by atoms with Crippen molar-refractivity contribution in [1.82, 2.24) is 0 Å². The summed E-state index contributed by atoms with van der Waals surface area (Å²) in [5, 5.41) is 0. The van der Waals surface area contributed by atoms with Gasteiger partial charge in [-0.05, 0) is 13.8 Å². The molecule has 0 rings (SSSR count). The van der Waals surface area contributed by atoms with E-state index in [0.29, 0.717) is 0 Å². The molecule has 0 spiro atoms. The molecule has 0 aliphatic rings. The van der Waals surface area contributed by atoms with E-state index in [1.807, 2.05) is 13.8 Å². The number of hydrogen-bond donors (Lipinski definition) is 0. The Kier molecular flexibility index (Phi) is 14.9. The molecule has 0 amide bonds. The maximum Gasteiger partial charge on any atom is 2.00 e. The predicted molar refractivity (Wildman–Crippen MR) is 22.2 cm³/mol. The van der Waals surface area contributed by atoms with Crippen molar-refractivity contribution in [3.8, 4) is 0 Å². The largest absolute Gasteiger partial charge is 2.00 e. The topological polar surface area (TPSA) is 9.23 Å². The average Bonchev–Trinajstić information content (AvgIpc) is 1.41. The first-order chi connectivity index (χ1) is 2.41. The van der Waals surface area contributed by atoms with Gasteiger partial charge in [0.2, 0.25) is 0 Å². The SMILES string of the molecule is CCOCC.[Pd+2]. The van der Waals surface area contributed by atoms with Crippen molar-refractivity contribution in [3.05, 3.63) is 0 Å². The van der Waals surface area contributed by atoms with Gasteiger partial charge in [-0.1, -0.05) is 0 Å². The molecule has 0 atom stereocenters. The maximum atomic E-state index is 4.83. The quantitative estimate of drug-likeness (QED) is 0.577. The fraction of sp³-hybridized carbons (Fsp3) is 1.00. The van der Waals surface area contributed by atoms with E-state index in [9.17, 15) is 0 Å². The third-order valence-corrected chi connectivity index (χ3v) is 0.408. The molecule has 0 heterocycles. The summed E-state index contributed by atoms with van der Waals surface area (Å²) in [6, 6.07) is 0. The summed E-state index contributed by atoms with van der Waals surface area (Å²) in [5.41, 5.74) is 0. The van der Waals surface area contributed by atoms with E-state index in [0.717, 1.165) is 13.2 Å². The summed E-state index contributed by atoms with van der Waals surface area (Å²) >= 11 is 0. The van der Waals surface area contributed by atoms with Crippen LogP contribution in [0.2, 0.25) is 0 Å². The molecule has 0 aromatic heterocycles. The van der Waals surface area contributed by atoms with Crippen LogP contribution in [0.5, 0.6) is 0 Å². The van der Waals surface area contributed by atoms with Crippen LogP contribution in [0.4, 0.5) is 0 Å². The van der Waals surface area contributed by atoms with Crippen LogP contribution >= 0.6 is 0 Å². The van der Waals surface area contributed by atoms with Crippen molar-refractivity contribution in [2.45, 2.75) is 13.8 Å². The Hall–Kier alpha value is 0.622. The summed E-state index contributed by atoms with van der Waals surface area (Å²) in [5.74, 6) is 0. The van der Waals surface area contributed by atoms with Crippen molar-refractivity contribution in [1.29, 1.82) is 0 Å². The molecular weight excluding hydrogens is 170 g/mol. The molecule has 6 heavy (non-hydrogen) atoms. The van der Waals surface area contributed by atoms with E-state index in [-0.39, 0.29) is 20.4 Å². The molecule has 0 bridgehead atoms. The van der Waals surface area contributed by atoms with Gasteiger partial charge in [-0.2, -0.15) is 0 Å². The fourth-order valence-corrected chi connectivity index (χ4v) is 0.204. The Balaban J connectivity index is 0. The molecule has 0 saturated heterocycles. The van der Waals surface area contributed by atoms with E-state index in [1.54, 1.807) is 0 Å². The summed E-state index contributed by atoms with van der Waals surface area (Å²) in [6.45, 7) is 5.67. The van der Waals surface area contributed by atoms with Gasteiger partial charge in [0.25, 0.3) is 0 Å². The first-order valence-corrected chi connectivity index (χ1v) is 1.99. The number of rotatable bonds is 2. The zero-order valence-electron chi connectivity index (χ0n) is 4.14. The summed E-state index contributed by atoms with van der Waals surface area (Å²) in [4.78, 5) is 0. The molecule has 0 unspecified atom stereocenters. The van der Waals surface area contributed by atoms with Crippen LogP contribution in [-0.2, 0) is 25.2 Å². The van der Waals surface area contributed by atoms with Crippen molar-refractivity contribution in [2.75, 3.05) is 13.2 Å². The molecule has 1 nitrogen and oxygen atoms in total. The molecule has 0 N–H and O–H groups in total. The molecule has 0 fully saturated rings. The first-order valence-electron chi connectivity index (χ1n) is 1.99. The van der Waals surface area contributed by atoms with E-state index in [1.165, 1.54) is 0 Å². The van der Waals surface area contributed by atoms with Gasteiger partial charge in [-0.25, -0.2) is 0 Å². The smallest absolute Gasteiger partial charge is 0.382 e. The summed E-state index contributed by atoms with van der Waals surface area (Å²) in [7, 11) is 0. The minimum atomic E-state index is 0. The Morgan fingerprint density at radius 2 is 1.50 bits per heavy atom. The average molecular weight is 181 g/mol. The first kappa shape index (κ1) is 9.80. The molecule has 0 aromatic carbocycles. The molecule has 0 aromatic rings. The van der Waals surface area contributed by atoms with E-state index in [2.05, 4.69) is 0 Å². The third kappa shape index (κ3) is 8.82. The predicted octanol–water partition coefficient (Wildman–Crippen LogP) is 1.04. The molecule has 0 aliphatic heterocycles. The van der Waals surface area contributed by atoms with Crippen LogP contribution in [-0.4, -0.2) is 13.2 Å². The zero-order valence-corrected chi connectivity index (χ0v) is 5.69. The standard InChI is InChI=1S/C4H10O.Pd/c1-3-5-4-2;/h3-4H2,1-2H3;/q;+2. The minimum absolute atomic E-state index is 0. The molecule has 0 radical (unpaired) electrons. The van der Waals surface area contributed by atoms with Gasteiger partial charge in [0.15, 0.2) is 0 Å². The maximum absolute atomic E-state index is 4.83. The summed E-state index contributed by atoms with van der Waals surface area (Å²) < 4.78 is 4.83. The third-order valence-electron chi connectivity index (χ3n) is 0.408. The number of hydrogen-bond acceptors (Lipinski definition) is 1. The Morgan fingerprint density at radius 1 is 1.17 bits per heavy atom. The van der Waals surface area contributed by atoms with Crippen molar-refractivity contribution < 1.29 is 25.2 Å². The van der Waals surface area contributed by atoms with Crippen LogP contribution in [0.15, 0.2) is 0 Å². The van der Waals surface area contributed by atoms with Crippen molar-refractivity contribution in [3.63, 3.8) is 0 Å².